The molecule has 2 amide bonds. The standard InChI is InChI=1S/C16H25N5O2/c1-13(17)12-15(22)19-7-5-16(23)21-10-8-20(9-11-21)14-4-2-3-6-18-14/h2-4,6,13H,5,7-12,17H2,1H3,(H,19,22). The van der Waals surface area contributed by atoms with Crippen LogP contribution in [0.3, 0.4) is 0 Å². The van der Waals surface area contributed by atoms with Gasteiger partial charge in [0.05, 0.1) is 0 Å². The van der Waals surface area contributed by atoms with Crippen molar-refractivity contribution in [1.82, 2.24) is 15.2 Å². The maximum atomic E-state index is 12.2. The van der Waals surface area contributed by atoms with Crippen LogP contribution in [0.4, 0.5) is 5.82 Å². The number of nitrogens with two attached hydrogens (primary N) is 1. The van der Waals surface area contributed by atoms with E-state index >= 15 is 0 Å². The van der Waals surface area contributed by atoms with E-state index in [1.54, 1.807) is 13.1 Å². The van der Waals surface area contributed by atoms with E-state index < -0.39 is 0 Å². The number of nitrogens with one attached hydrogen (secondary N) is 1. The molecule has 7 heteroatoms. The van der Waals surface area contributed by atoms with Crippen LogP contribution in [0.2, 0.25) is 0 Å². The lowest BCUT2D eigenvalue weighted by Crippen LogP contribution is -2.49. The third-order valence-corrected chi connectivity index (χ3v) is 3.77. The van der Waals surface area contributed by atoms with E-state index in [9.17, 15) is 9.59 Å². The second-order valence-corrected chi connectivity index (χ2v) is 5.84. The highest BCUT2D eigenvalue weighted by atomic mass is 16.2. The quantitative estimate of drug-likeness (QED) is 0.768. The summed E-state index contributed by atoms with van der Waals surface area (Å²) >= 11 is 0. The van der Waals surface area contributed by atoms with Crippen molar-refractivity contribution in [3.8, 4) is 0 Å². The predicted molar refractivity (Wildman–Crippen MR) is 88.9 cm³/mol. The highest BCUT2D eigenvalue weighted by molar-refractivity contribution is 5.79. The van der Waals surface area contributed by atoms with E-state index in [1.165, 1.54) is 0 Å². The Kier molecular flexibility index (Phi) is 6.34. The summed E-state index contributed by atoms with van der Waals surface area (Å²) < 4.78 is 0. The molecule has 3 N–H and O–H groups in total. The second kappa shape index (κ2) is 8.47. The summed E-state index contributed by atoms with van der Waals surface area (Å²) in [7, 11) is 0. The number of anilines is 1. The number of carbonyl (C=O) groups is 2. The molecule has 1 aliphatic heterocycles. The fourth-order valence-corrected chi connectivity index (χ4v) is 2.56. The van der Waals surface area contributed by atoms with Crippen molar-refractivity contribution in [3.05, 3.63) is 24.4 Å². The molecule has 1 saturated heterocycles. The van der Waals surface area contributed by atoms with Gasteiger partial charge in [-0.15, -0.1) is 0 Å². The topological polar surface area (TPSA) is 91.6 Å². The minimum atomic E-state index is -0.162. The van der Waals surface area contributed by atoms with Gasteiger partial charge in [-0.1, -0.05) is 6.07 Å². The first-order valence-corrected chi connectivity index (χ1v) is 8.02. The Hall–Kier alpha value is -2.15. The van der Waals surface area contributed by atoms with E-state index in [1.807, 2.05) is 23.1 Å². The van der Waals surface area contributed by atoms with Crippen LogP contribution in [0.25, 0.3) is 0 Å². The molecular weight excluding hydrogens is 294 g/mol. The van der Waals surface area contributed by atoms with Gasteiger partial charge in [0.1, 0.15) is 5.82 Å². The SMILES string of the molecule is CC(N)CC(=O)NCCC(=O)N1CCN(c2ccccn2)CC1. The van der Waals surface area contributed by atoms with Crippen molar-refractivity contribution in [2.24, 2.45) is 5.73 Å². The van der Waals surface area contributed by atoms with Crippen molar-refractivity contribution < 1.29 is 9.59 Å². The highest BCUT2D eigenvalue weighted by Crippen LogP contribution is 2.12. The lowest BCUT2D eigenvalue weighted by Gasteiger charge is -2.35. The molecule has 0 aliphatic carbocycles. The number of rotatable bonds is 6. The number of carbonyl (C=O) groups excluding carboxylic acids is 2. The molecule has 126 valence electrons. The minimum Gasteiger partial charge on any atom is -0.356 e. The largest absolute Gasteiger partial charge is 0.356 e. The number of nitrogens with zero attached hydrogens (tertiary/aromatic N) is 3. The molecule has 0 saturated carbocycles. The smallest absolute Gasteiger partial charge is 0.224 e. The van der Waals surface area contributed by atoms with Crippen LogP contribution in [0.15, 0.2) is 24.4 Å². The fourth-order valence-electron chi connectivity index (χ4n) is 2.56. The zero-order valence-electron chi connectivity index (χ0n) is 13.6. The number of hydrogen-bond donors (Lipinski definition) is 2. The molecule has 1 atom stereocenters. The molecule has 1 aromatic rings. The van der Waals surface area contributed by atoms with E-state index in [-0.39, 0.29) is 24.3 Å². The van der Waals surface area contributed by atoms with Crippen molar-refractivity contribution in [1.29, 1.82) is 0 Å². The van der Waals surface area contributed by atoms with E-state index in [0.717, 1.165) is 18.9 Å². The van der Waals surface area contributed by atoms with E-state index in [2.05, 4.69) is 15.2 Å². The van der Waals surface area contributed by atoms with Crippen molar-refractivity contribution in [2.75, 3.05) is 37.6 Å². The third-order valence-electron chi connectivity index (χ3n) is 3.77. The first kappa shape index (κ1) is 17.2. The molecule has 0 radical (unpaired) electrons. The summed E-state index contributed by atoms with van der Waals surface area (Å²) in [6, 6.07) is 5.67. The first-order valence-electron chi connectivity index (χ1n) is 8.02. The summed E-state index contributed by atoms with van der Waals surface area (Å²) in [6.07, 6.45) is 2.39. The Balaban J connectivity index is 1.68. The third kappa shape index (κ3) is 5.52. The first-order chi connectivity index (χ1) is 11.1. The van der Waals surface area contributed by atoms with Gasteiger partial charge in [-0.3, -0.25) is 9.59 Å². The van der Waals surface area contributed by atoms with Crippen LogP contribution in [-0.4, -0.2) is 60.5 Å². The summed E-state index contributed by atoms with van der Waals surface area (Å²) in [5.74, 6) is 0.919. The Morgan fingerprint density at radius 1 is 1.30 bits per heavy atom. The van der Waals surface area contributed by atoms with Gasteiger partial charge in [-0.25, -0.2) is 4.98 Å². The molecule has 1 aliphatic rings. The summed E-state index contributed by atoms with van der Waals surface area (Å²) in [6.45, 7) is 5.07. The molecule has 2 rings (SSSR count). The number of piperazine rings is 1. The molecule has 2 heterocycles. The van der Waals surface area contributed by atoms with Gasteiger partial charge in [0.15, 0.2) is 0 Å². The predicted octanol–water partition coefficient (Wildman–Crippen LogP) is -0.0262. The zero-order valence-corrected chi connectivity index (χ0v) is 13.6. The summed E-state index contributed by atoms with van der Waals surface area (Å²) in [5.41, 5.74) is 5.56. The van der Waals surface area contributed by atoms with E-state index in [0.29, 0.717) is 26.1 Å². The van der Waals surface area contributed by atoms with Crippen molar-refractivity contribution in [2.45, 2.75) is 25.8 Å². The molecule has 0 spiro atoms. The monoisotopic (exact) mass is 319 g/mol. The van der Waals surface area contributed by atoms with Crippen LogP contribution in [-0.2, 0) is 9.59 Å². The average molecular weight is 319 g/mol. The lowest BCUT2D eigenvalue weighted by molar-refractivity contribution is -0.131. The second-order valence-electron chi connectivity index (χ2n) is 5.84. The van der Waals surface area contributed by atoms with Gasteiger partial charge in [0.25, 0.3) is 0 Å². The van der Waals surface area contributed by atoms with E-state index in [4.69, 9.17) is 5.73 Å². The Morgan fingerprint density at radius 2 is 2.04 bits per heavy atom. The summed E-state index contributed by atoms with van der Waals surface area (Å²) in [4.78, 5) is 32.0. The van der Waals surface area contributed by atoms with Crippen LogP contribution < -0.4 is 16.0 Å². The molecule has 23 heavy (non-hydrogen) atoms. The molecule has 1 unspecified atom stereocenters. The lowest BCUT2D eigenvalue weighted by atomic mass is 10.2. The number of pyridine rings is 1. The molecular formula is C16H25N5O2. The van der Waals surface area contributed by atoms with Crippen molar-refractivity contribution >= 4 is 17.6 Å². The number of aromatic nitrogens is 1. The number of amides is 2. The van der Waals surface area contributed by atoms with Gasteiger partial charge < -0.3 is 20.9 Å². The molecule has 0 aromatic carbocycles. The van der Waals surface area contributed by atoms with Crippen LogP contribution in [0, 0.1) is 0 Å². The van der Waals surface area contributed by atoms with Gasteiger partial charge in [-0.2, -0.15) is 0 Å². The average Bonchev–Trinajstić information content (AvgIpc) is 2.55. The fraction of sp³-hybridized carbons (Fsp3) is 0.562. The Morgan fingerprint density at radius 3 is 2.65 bits per heavy atom. The maximum Gasteiger partial charge on any atom is 0.224 e. The molecule has 1 aromatic heterocycles. The molecule has 1 fully saturated rings. The van der Waals surface area contributed by atoms with Gasteiger partial charge in [-0.05, 0) is 19.1 Å². The Labute approximate surface area is 136 Å². The van der Waals surface area contributed by atoms with Crippen LogP contribution in [0.1, 0.15) is 19.8 Å². The van der Waals surface area contributed by atoms with Crippen LogP contribution in [0.5, 0.6) is 0 Å². The number of hydrogen-bond acceptors (Lipinski definition) is 5. The van der Waals surface area contributed by atoms with Crippen molar-refractivity contribution in [3.63, 3.8) is 0 Å². The summed E-state index contributed by atoms with van der Waals surface area (Å²) in [5, 5.41) is 2.73. The molecule has 7 nitrogen and oxygen atoms in total. The van der Waals surface area contributed by atoms with Crippen LogP contribution >= 0.6 is 0 Å². The Bertz CT molecular complexity index is 512. The highest BCUT2D eigenvalue weighted by Gasteiger charge is 2.21. The maximum absolute atomic E-state index is 12.2. The molecule has 0 bridgehead atoms. The van der Waals surface area contributed by atoms with Gasteiger partial charge >= 0.3 is 0 Å². The van der Waals surface area contributed by atoms with Gasteiger partial charge in [0, 0.05) is 57.8 Å². The van der Waals surface area contributed by atoms with Gasteiger partial charge in [0.2, 0.25) is 11.8 Å². The normalized spacial score (nSPS) is 16.1. The minimum absolute atomic E-state index is 0.0757. The zero-order chi connectivity index (χ0) is 16.7.